The third-order valence-corrected chi connectivity index (χ3v) is 3.52. The fourth-order valence-electron chi connectivity index (χ4n) is 2.49. The van der Waals surface area contributed by atoms with Gasteiger partial charge in [-0.3, -0.25) is 0 Å². The highest BCUT2D eigenvalue weighted by Gasteiger charge is 2.39. The summed E-state index contributed by atoms with van der Waals surface area (Å²) >= 11 is 0. The van der Waals surface area contributed by atoms with Crippen LogP contribution in [-0.4, -0.2) is 12.2 Å². The molecule has 1 heteroatoms. The molecule has 0 saturated carbocycles. The van der Waals surface area contributed by atoms with Crippen LogP contribution in [0.15, 0.2) is 0 Å². The lowest BCUT2D eigenvalue weighted by molar-refractivity contribution is -0.0164. The lowest BCUT2D eigenvalue weighted by Crippen LogP contribution is -2.26. The van der Waals surface area contributed by atoms with Gasteiger partial charge in [-0.1, -0.05) is 41.5 Å². The molecule has 0 N–H and O–H groups in total. The first-order chi connectivity index (χ1) is 6.43. The third kappa shape index (κ3) is 2.50. The Hall–Kier alpha value is -0.0400. The molecule has 0 aromatic rings. The van der Waals surface area contributed by atoms with Gasteiger partial charge in [0.05, 0.1) is 12.2 Å². The van der Waals surface area contributed by atoms with Gasteiger partial charge in [0.2, 0.25) is 0 Å². The monoisotopic (exact) mass is 198 g/mol. The molecule has 1 saturated heterocycles. The first-order valence-corrected chi connectivity index (χ1v) is 6.09. The molecule has 0 aromatic carbocycles. The van der Waals surface area contributed by atoms with Gasteiger partial charge >= 0.3 is 0 Å². The van der Waals surface area contributed by atoms with E-state index in [-0.39, 0.29) is 0 Å². The molecule has 1 nitrogen and oxygen atoms in total. The first-order valence-electron chi connectivity index (χ1n) is 6.09. The summed E-state index contributed by atoms with van der Waals surface area (Å²) in [5, 5.41) is 0. The van der Waals surface area contributed by atoms with Gasteiger partial charge in [0.25, 0.3) is 0 Å². The second kappa shape index (κ2) is 4.65. The Labute approximate surface area is 89.2 Å². The van der Waals surface area contributed by atoms with Gasteiger partial charge in [0.15, 0.2) is 0 Å². The van der Waals surface area contributed by atoms with E-state index in [2.05, 4.69) is 41.5 Å². The van der Waals surface area contributed by atoms with Crippen LogP contribution in [0, 0.1) is 23.7 Å². The molecule has 3 unspecified atom stereocenters. The van der Waals surface area contributed by atoms with Crippen LogP contribution >= 0.6 is 0 Å². The van der Waals surface area contributed by atoms with Crippen molar-refractivity contribution in [3.63, 3.8) is 0 Å². The van der Waals surface area contributed by atoms with Crippen LogP contribution in [0.3, 0.4) is 0 Å². The average Bonchev–Trinajstić information content (AvgIpc) is 2.47. The fourth-order valence-corrected chi connectivity index (χ4v) is 2.49. The van der Waals surface area contributed by atoms with E-state index in [0.29, 0.717) is 24.0 Å². The van der Waals surface area contributed by atoms with Gasteiger partial charge < -0.3 is 4.74 Å². The lowest BCUT2D eigenvalue weighted by atomic mass is 9.82. The minimum atomic E-state index is 0.488. The maximum atomic E-state index is 6.16. The summed E-state index contributed by atoms with van der Waals surface area (Å²) in [5.74, 6) is 2.85. The molecule has 14 heavy (non-hydrogen) atoms. The Morgan fingerprint density at radius 3 is 1.71 bits per heavy atom. The van der Waals surface area contributed by atoms with Crippen LogP contribution in [0.4, 0.5) is 0 Å². The Bertz CT molecular complexity index is 156. The van der Waals surface area contributed by atoms with E-state index < -0.39 is 0 Å². The zero-order chi connectivity index (χ0) is 10.9. The quantitative estimate of drug-likeness (QED) is 0.671. The van der Waals surface area contributed by atoms with E-state index in [4.69, 9.17) is 4.74 Å². The smallest absolute Gasteiger partial charge is 0.0633 e. The summed E-state index contributed by atoms with van der Waals surface area (Å²) < 4.78 is 6.16. The maximum absolute atomic E-state index is 6.16. The molecule has 0 aromatic heterocycles. The van der Waals surface area contributed by atoms with Gasteiger partial charge in [-0.15, -0.1) is 0 Å². The van der Waals surface area contributed by atoms with Crippen LogP contribution in [0.1, 0.15) is 48.0 Å². The summed E-state index contributed by atoms with van der Waals surface area (Å²) in [6.07, 6.45) is 2.25. The van der Waals surface area contributed by atoms with E-state index in [0.717, 1.165) is 11.8 Å². The van der Waals surface area contributed by atoms with Gasteiger partial charge in [-0.05, 0) is 30.1 Å². The molecule has 1 aliphatic rings. The Morgan fingerprint density at radius 2 is 1.43 bits per heavy atom. The highest BCUT2D eigenvalue weighted by Crippen LogP contribution is 2.38. The van der Waals surface area contributed by atoms with Gasteiger partial charge in [0, 0.05) is 0 Å². The molecule has 0 radical (unpaired) electrons. The normalized spacial score (nSPS) is 33.6. The molecule has 1 aliphatic heterocycles. The van der Waals surface area contributed by atoms with E-state index in [1.54, 1.807) is 0 Å². The van der Waals surface area contributed by atoms with Crippen molar-refractivity contribution in [2.75, 3.05) is 0 Å². The summed E-state index contributed by atoms with van der Waals surface area (Å²) in [4.78, 5) is 0. The van der Waals surface area contributed by atoms with Crippen molar-refractivity contribution in [3.8, 4) is 0 Å². The van der Waals surface area contributed by atoms with Gasteiger partial charge in [0.1, 0.15) is 0 Å². The van der Waals surface area contributed by atoms with Gasteiger partial charge in [-0.25, -0.2) is 0 Å². The molecular weight excluding hydrogens is 172 g/mol. The number of hydrogen-bond donors (Lipinski definition) is 0. The number of hydrogen-bond acceptors (Lipinski definition) is 1. The molecule has 0 aliphatic carbocycles. The fraction of sp³-hybridized carbons (Fsp3) is 1.00. The average molecular weight is 198 g/mol. The van der Waals surface area contributed by atoms with Crippen LogP contribution in [-0.2, 0) is 4.74 Å². The predicted molar refractivity (Wildman–Crippen MR) is 61.3 cm³/mol. The van der Waals surface area contributed by atoms with Crippen molar-refractivity contribution in [1.29, 1.82) is 0 Å². The maximum Gasteiger partial charge on any atom is 0.0633 e. The van der Waals surface area contributed by atoms with E-state index in [1.165, 1.54) is 6.42 Å². The number of ether oxygens (including phenoxy) is 1. The molecule has 0 bridgehead atoms. The molecule has 0 amide bonds. The predicted octanol–water partition coefficient (Wildman–Crippen LogP) is 3.73. The van der Waals surface area contributed by atoms with Crippen molar-refractivity contribution in [2.24, 2.45) is 23.7 Å². The van der Waals surface area contributed by atoms with Crippen molar-refractivity contribution in [2.45, 2.75) is 60.2 Å². The van der Waals surface area contributed by atoms with Crippen LogP contribution < -0.4 is 0 Å². The molecule has 0 spiro atoms. The van der Waals surface area contributed by atoms with Crippen molar-refractivity contribution < 1.29 is 4.74 Å². The summed E-state index contributed by atoms with van der Waals surface area (Å²) in [6.45, 7) is 13.7. The molecule has 84 valence electrons. The van der Waals surface area contributed by atoms with Crippen molar-refractivity contribution >= 4 is 0 Å². The summed E-state index contributed by atoms with van der Waals surface area (Å²) in [6, 6.07) is 0. The summed E-state index contributed by atoms with van der Waals surface area (Å²) in [5.41, 5.74) is 0. The molecule has 1 heterocycles. The second-order valence-electron chi connectivity index (χ2n) is 5.77. The molecule has 1 rings (SSSR count). The highest BCUT2D eigenvalue weighted by atomic mass is 16.5. The minimum absolute atomic E-state index is 0.488. The first kappa shape index (κ1) is 12.0. The van der Waals surface area contributed by atoms with Crippen LogP contribution in [0.5, 0.6) is 0 Å². The Kier molecular flexibility index (Phi) is 4.00. The van der Waals surface area contributed by atoms with Crippen molar-refractivity contribution in [1.82, 2.24) is 0 Å². The largest absolute Gasteiger partial charge is 0.374 e. The topological polar surface area (TPSA) is 9.23 Å². The SMILES string of the molecule is CC(C)C1CC(C(C)C)C(C(C)C)O1. The van der Waals surface area contributed by atoms with E-state index in [9.17, 15) is 0 Å². The minimum Gasteiger partial charge on any atom is -0.374 e. The summed E-state index contributed by atoms with van der Waals surface area (Å²) in [7, 11) is 0. The Balaban J connectivity index is 2.65. The Morgan fingerprint density at radius 1 is 0.857 bits per heavy atom. The van der Waals surface area contributed by atoms with Crippen molar-refractivity contribution in [3.05, 3.63) is 0 Å². The zero-order valence-electron chi connectivity index (χ0n) is 10.6. The molecule has 3 atom stereocenters. The van der Waals surface area contributed by atoms with E-state index in [1.807, 2.05) is 0 Å². The highest BCUT2D eigenvalue weighted by molar-refractivity contribution is 4.87. The zero-order valence-corrected chi connectivity index (χ0v) is 10.6. The number of rotatable bonds is 3. The molecule has 1 fully saturated rings. The lowest BCUT2D eigenvalue weighted by Gasteiger charge is -2.24. The van der Waals surface area contributed by atoms with Crippen LogP contribution in [0.2, 0.25) is 0 Å². The molecular formula is C13H26O. The van der Waals surface area contributed by atoms with Crippen LogP contribution in [0.25, 0.3) is 0 Å². The third-order valence-electron chi connectivity index (χ3n) is 3.52. The van der Waals surface area contributed by atoms with Gasteiger partial charge in [-0.2, -0.15) is 0 Å². The second-order valence-corrected chi connectivity index (χ2v) is 5.77. The van der Waals surface area contributed by atoms with E-state index >= 15 is 0 Å². The standard InChI is InChI=1S/C13H26O/c1-8(2)11-7-12(9(3)4)14-13(11)10(5)6/h8-13H,7H2,1-6H3.